The quantitative estimate of drug-likeness (QED) is 0.742. The van der Waals surface area contributed by atoms with Crippen LogP contribution in [0, 0.1) is 5.92 Å². The molecule has 1 aliphatic rings. The van der Waals surface area contributed by atoms with E-state index in [2.05, 4.69) is 0 Å². The Morgan fingerprint density at radius 1 is 1.26 bits per heavy atom. The number of carbonyl (C=O) groups excluding carboxylic acids is 2. The minimum absolute atomic E-state index is 0.0741. The van der Waals surface area contributed by atoms with Crippen molar-refractivity contribution in [3.63, 3.8) is 0 Å². The Bertz CT molecular complexity index is 652. The number of amides is 2. The fourth-order valence-corrected chi connectivity index (χ4v) is 3.33. The molecule has 0 bridgehead atoms. The standard InChI is InChI=1S/C21H31ClN2O3/c1-15(2)24(13-16-8-10-18(22)11-9-16)19(25)17-7-6-12-23(14-17)20(26)27-21(3,4)5/h8-11,15,17H,6-7,12-14H2,1-5H3/t17-/m1/s1. The highest BCUT2D eigenvalue weighted by Crippen LogP contribution is 2.23. The minimum atomic E-state index is -0.535. The molecule has 1 saturated heterocycles. The molecule has 150 valence electrons. The third-order valence-corrected chi connectivity index (χ3v) is 4.85. The van der Waals surface area contributed by atoms with E-state index in [4.69, 9.17) is 16.3 Å². The second-order valence-electron chi connectivity index (χ2n) is 8.45. The van der Waals surface area contributed by atoms with Crippen molar-refractivity contribution in [2.24, 2.45) is 5.92 Å². The Morgan fingerprint density at radius 3 is 2.44 bits per heavy atom. The summed E-state index contributed by atoms with van der Waals surface area (Å²) in [5, 5.41) is 0.682. The fraction of sp³-hybridized carbons (Fsp3) is 0.619. The second kappa shape index (κ2) is 8.96. The molecule has 0 N–H and O–H groups in total. The number of hydrogen-bond donors (Lipinski definition) is 0. The molecule has 0 radical (unpaired) electrons. The Morgan fingerprint density at radius 2 is 1.89 bits per heavy atom. The summed E-state index contributed by atoms with van der Waals surface area (Å²) in [6.45, 7) is 11.2. The van der Waals surface area contributed by atoms with Crippen molar-refractivity contribution in [1.82, 2.24) is 9.80 Å². The van der Waals surface area contributed by atoms with Crippen LogP contribution in [0.25, 0.3) is 0 Å². The number of likely N-dealkylation sites (tertiary alicyclic amines) is 1. The lowest BCUT2D eigenvalue weighted by atomic mass is 9.96. The smallest absolute Gasteiger partial charge is 0.410 e. The lowest BCUT2D eigenvalue weighted by Crippen LogP contribution is -2.49. The van der Waals surface area contributed by atoms with Gasteiger partial charge in [0.25, 0.3) is 0 Å². The number of carbonyl (C=O) groups is 2. The van der Waals surface area contributed by atoms with E-state index in [-0.39, 0.29) is 24.0 Å². The number of hydrogen-bond acceptors (Lipinski definition) is 3. The molecule has 1 fully saturated rings. The first-order valence-electron chi connectivity index (χ1n) is 9.59. The Kier molecular flexibility index (Phi) is 7.15. The van der Waals surface area contributed by atoms with Gasteiger partial charge >= 0.3 is 6.09 Å². The van der Waals surface area contributed by atoms with Crippen molar-refractivity contribution in [3.8, 4) is 0 Å². The molecule has 0 aliphatic carbocycles. The third kappa shape index (κ3) is 6.42. The van der Waals surface area contributed by atoms with E-state index < -0.39 is 5.60 Å². The van der Waals surface area contributed by atoms with Crippen LogP contribution in [0.3, 0.4) is 0 Å². The van der Waals surface area contributed by atoms with E-state index in [1.165, 1.54) is 0 Å². The predicted molar refractivity (Wildman–Crippen MR) is 108 cm³/mol. The highest BCUT2D eigenvalue weighted by Gasteiger charge is 2.33. The topological polar surface area (TPSA) is 49.9 Å². The van der Waals surface area contributed by atoms with Crippen molar-refractivity contribution in [2.45, 2.75) is 65.6 Å². The summed E-state index contributed by atoms with van der Waals surface area (Å²) in [6, 6.07) is 7.64. The highest BCUT2D eigenvalue weighted by atomic mass is 35.5. The zero-order valence-corrected chi connectivity index (χ0v) is 17.8. The molecule has 0 saturated carbocycles. The lowest BCUT2D eigenvalue weighted by molar-refractivity contribution is -0.139. The molecule has 1 aromatic rings. The summed E-state index contributed by atoms with van der Waals surface area (Å²) in [7, 11) is 0. The van der Waals surface area contributed by atoms with Crippen molar-refractivity contribution in [2.75, 3.05) is 13.1 Å². The van der Waals surface area contributed by atoms with Crippen molar-refractivity contribution in [3.05, 3.63) is 34.9 Å². The zero-order chi connectivity index (χ0) is 20.2. The molecule has 0 spiro atoms. The molecule has 1 atom stereocenters. The van der Waals surface area contributed by atoms with Gasteiger partial charge in [0.05, 0.1) is 5.92 Å². The molecule has 27 heavy (non-hydrogen) atoms. The van der Waals surface area contributed by atoms with Crippen LogP contribution in [0.1, 0.15) is 53.0 Å². The van der Waals surface area contributed by atoms with E-state index in [9.17, 15) is 9.59 Å². The van der Waals surface area contributed by atoms with Gasteiger partial charge in [-0.2, -0.15) is 0 Å². The second-order valence-corrected chi connectivity index (χ2v) is 8.89. The fourth-order valence-electron chi connectivity index (χ4n) is 3.21. The van der Waals surface area contributed by atoms with Crippen molar-refractivity contribution in [1.29, 1.82) is 0 Å². The molecular formula is C21H31ClN2O3. The van der Waals surface area contributed by atoms with Gasteiger partial charge < -0.3 is 14.5 Å². The number of piperidine rings is 1. The van der Waals surface area contributed by atoms with Crippen LogP contribution in [0.5, 0.6) is 0 Å². The molecular weight excluding hydrogens is 364 g/mol. The van der Waals surface area contributed by atoms with Crippen LogP contribution in [0.4, 0.5) is 4.79 Å². The maximum Gasteiger partial charge on any atom is 0.410 e. The van der Waals surface area contributed by atoms with Crippen LogP contribution in [-0.4, -0.2) is 46.5 Å². The monoisotopic (exact) mass is 394 g/mol. The lowest BCUT2D eigenvalue weighted by Gasteiger charge is -2.37. The summed E-state index contributed by atoms with van der Waals surface area (Å²) in [5.74, 6) is -0.103. The molecule has 1 aromatic carbocycles. The first-order valence-corrected chi connectivity index (χ1v) is 9.97. The van der Waals surface area contributed by atoms with Gasteiger partial charge in [0.2, 0.25) is 5.91 Å². The summed E-state index contributed by atoms with van der Waals surface area (Å²) >= 11 is 5.96. The molecule has 0 aromatic heterocycles. The highest BCUT2D eigenvalue weighted by molar-refractivity contribution is 6.30. The van der Waals surface area contributed by atoms with Crippen LogP contribution in [0.15, 0.2) is 24.3 Å². The summed E-state index contributed by atoms with van der Waals surface area (Å²) < 4.78 is 5.47. The van der Waals surface area contributed by atoms with Gasteiger partial charge in [0.1, 0.15) is 5.60 Å². The van der Waals surface area contributed by atoms with Crippen molar-refractivity contribution >= 4 is 23.6 Å². The predicted octanol–water partition coefficient (Wildman–Crippen LogP) is 4.72. The zero-order valence-electron chi connectivity index (χ0n) is 17.0. The average Bonchev–Trinajstić information content (AvgIpc) is 2.59. The van der Waals surface area contributed by atoms with Gasteiger partial charge in [-0.15, -0.1) is 0 Å². The van der Waals surface area contributed by atoms with E-state index in [1.54, 1.807) is 4.90 Å². The number of rotatable bonds is 4. The SMILES string of the molecule is CC(C)N(Cc1ccc(Cl)cc1)C(=O)[C@@H]1CCCN(C(=O)OC(C)(C)C)C1. The van der Waals surface area contributed by atoms with Gasteiger partial charge in [0, 0.05) is 30.7 Å². The van der Waals surface area contributed by atoms with Gasteiger partial charge in [-0.1, -0.05) is 23.7 Å². The van der Waals surface area contributed by atoms with Gasteiger partial charge in [-0.05, 0) is 65.2 Å². The van der Waals surface area contributed by atoms with Crippen LogP contribution in [-0.2, 0) is 16.1 Å². The van der Waals surface area contributed by atoms with E-state index in [1.807, 2.05) is 63.8 Å². The number of benzene rings is 1. The molecule has 6 heteroatoms. The Labute approximate surface area is 167 Å². The van der Waals surface area contributed by atoms with E-state index in [0.717, 1.165) is 18.4 Å². The molecule has 0 unspecified atom stereocenters. The largest absolute Gasteiger partial charge is 0.444 e. The van der Waals surface area contributed by atoms with Crippen LogP contribution < -0.4 is 0 Å². The summed E-state index contributed by atoms with van der Waals surface area (Å²) in [4.78, 5) is 29.1. The van der Waals surface area contributed by atoms with E-state index >= 15 is 0 Å². The number of halogens is 1. The minimum Gasteiger partial charge on any atom is -0.444 e. The Balaban J connectivity index is 2.06. The average molecular weight is 395 g/mol. The normalized spacial score (nSPS) is 17.7. The molecule has 2 rings (SSSR count). The van der Waals surface area contributed by atoms with Crippen LogP contribution in [0.2, 0.25) is 5.02 Å². The van der Waals surface area contributed by atoms with Gasteiger partial charge in [-0.25, -0.2) is 4.79 Å². The summed E-state index contributed by atoms with van der Waals surface area (Å²) in [6.07, 6.45) is 1.26. The van der Waals surface area contributed by atoms with Gasteiger partial charge in [0.15, 0.2) is 0 Å². The molecule has 1 aliphatic heterocycles. The maximum atomic E-state index is 13.2. The maximum absolute atomic E-state index is 13.2. The molecule has 1 heterocycles. The van der Waals surface area contributed by atoms with Crippen molar-refractivity contribution < 1.29 is 14.3 Å². The number of nitrogens with zero attached hydrogens (tertiary/aromatic N) is 2. The van der Waals surface area contributed by atoms with Gasteiger partial charge in [-0.3, -0.25) is 4.79 Å². The Hall–Kier alpha value is -1.75. The third-order valence-electron chi connectivity index (χ3n) is 4.59. The first-order chi connectivity index (χ1) is 12.6. The molecule has 2 amide bonds. The van der Waals surface area contributed by atoms with Crippen LogP contribution >= 0.6 is 11.6 Å². The summed E-state index contributed by atoms with van der Waals surface area (Å²) in [5.41, 5.74) is 0.508. The molecule has 5 nitrogen and oxygen atoms in total. The van der Waals surface area contributed by atoms with E-state index in [0.29, 0.717) is 24.7 Å². The number of ether oxygens (including phenoxy) is 1. The first kappa shape index (κ1) is 21.5.